The molecule has 1 amide bonds. The van der Waals surface area contributed by atoms with Crippen LogP contribution in [0.5, 0.6) is 0 Å². The molecule has 0 atom stereocenters. The van der Waals surface area contributed by atoms with Crippen LogP contribution in [0.1, 0.15) is 10.4 Å². The van der Waals surface area contributed by atoms with Crippen molar-refractivity contribution in [2.45, 2.75) is 6.04 Å². The second-order valence-corrected chi connectivity index (χ2v) is 8.86. The zero-order chi connectivity index (χ0) is 23.1. The third-order valence-corrected chi connectivity index (χ3v) is 6.70. The molecule has 2 aromatic carbocycles. The number of fused-ring (bicyclic) bond motifs is 1. The lowest BCUT2D eigenvalue weighted by Crippen LogP contribution is -2.56. The number of rotatable bonds is 5. The number of para-hydroxylation sites is 2. The maximum atomic E-state index is 12.8. The number of aromatic nitrogens is 4. The lowest BCUT2D eigenvalue weighted by molar-refractivity contribution is -0.0660. The Bertz CT molecular complexity index is 1280. The van der Waals surface area contributed by atoms with Crippen LogP contribution in [0.3, 0.4) is 0 Å². The van der Waals surface area contributed by atoms with Gasteiger partial charge in [0.05, 0.1) is 30.3 Å². The summed E-state index contributed by atoms with van der Waals surface area (Å²) < 4.78 is 7.03. The molecular weight excluding hydrogens is 430 g/mol. The van der Waals surface area contributed by atoms with Gasteiger partial charge in [-0.05, 0) is 36.4 Å². The summed E-state index contributed by atoms with van der Waals surface area (Å²) in [6.45, 7) is 5.79. The number of benzene rings is 2. The van der Waals surface area contributed by atoms with E-state index in [1.54, 1.807) is 4.68 Å². The van der Waals surface area contributed by atoms with Gasteiger partial charge in [-0.3, -0.25) is 14.4 Å². The van der Waals surface area contributed by atoms with Crippen LogP contribution in [-0.2, 0) is 11.8 Å². The number of aromatic amines is 1. The van der Waals surface area contributed by atoms with E-state index in [0.717, 1.165) is 61.8 Å². The molecule has 0 spiro atoms. The van der Waals surface area contributed by atoms with Gasteiger partial charge in [0.2, 0.25) is 0 Å². The number of anilines is 2. The van der Waals surface area contributed by atoms with Crippen molar-refractivity contribution in [3.05, 3.63) is 60.2 Å². The van der Waals surface area contributed by atoms with Gasteiger partial charge in [-0.25, -0.2) is 4.98 Å². The molecule has 9 nitrogen and oxygen atoms in total. The van der Waals surface area contributed by atoms with E-state index in [1.165, 1.54) is 0 Å². The molecule has 34 heavy (non-hydrogen) atoms. The van der Waals surface area contributed by atoms with Crippen LogP contribution >= 0.6 is 0 Å². The number of hydrogen-bond acceptors (Lipinski definition) is 6. The average Bonchev–Trinajstić information content (AvgIpc) is 3.41. The highest BCUT2D eigenvalue weighted by atomic mass is 16.5. The van der Waals surface area contributed by atoms with Gasteiger partial charge >= 0.3 is 0 Å². The van der Waals surface area contributed by atoms with Crippen LogP contribution in [0.4, 0.5) is 11.5 Å². The van der Waals surface area contributed by atoms with Gasteiger partial charge in [0, 0.05) is 50.5 Å². The first-order chi connectivity index (χ1) is 16.6. The third-order valence-electron chi connectivity index (χ3n) is 6.70. The van der Waals surface area contributed by atoms with Crippen molar-refractivity contribution in [2.75, 3.05) is 49.6 Å². The molecule has 9 heteroatoms. The normalized spacial score (nSPS) is 17.1. The van der Waals surface area contributed by atoms with E-state index < -0.39 is 0 Å². The summed E-state index contributed by atoms with van der Waals surface area (Å²) >= 11 is 0. The summed E-state index contributed by atoms with van der Waals surface area (Å²) in [6, 6.07) is 18.1. The lowest BCUT2D eigenvalue weighted by Gasteiger charge is -2.43. The summed E-state index contributed by atoms with van der Waals surface area (Å²) in [7, 11) is 1.84. The molecule has 6 rings (SSSR count). The summed E-state index contributed by atoms with van der Waals surface area (Å²) in [5, 5.41) is 7.36. The SMILES string of the molecule is Cn1nc(NC(=O)c2ccc(N3CCN(C4COC4)CC3)cc2)cc1-c1nc2ccccc2[nH]1. The molecule has 2 aliphatic rings. The van der Waals surface area contributed by atoms with E-state index in [9.17, 15) is 4.79 Å². The van der Waals surface area contributed by atoms with Crippen molar-refractivity contribution in [1.82, 2.24) is 24.6 Å². The molecule has 4 aromatic rings. The average molecular weight is 458 g/mol. The number of H-pyrrole nitrogens is 1. The Labute approximate surface area is 197 Å². The highest BCUT2D eigenvalue weighted by molar-refractivity contribution is 6.04. The van der Waals surface area contributed by atoms with E-state index in [4.69, 9.17) is 4.74 Å². The van der Waals surface area contributed by atoms with Crippen molar-refractivity contribution >= 4 is 28.4 Å². The zero-order valence-corrected chi connectivity index (χ0v) is 19.1. The summed E-state index contributed by atoms with van der Waals surface area (Å²) in [6.07, 6.45) is 0. The van der Waals surface area contributed by atoms with Crippen molar-refractivity contribution in [3.63, 3.8) is 0 Å². The molecule has 4 heterocycles. The number of carbonyl (C=O) groups excluding carboxylic acids is 1. The van der Waals surface area contributed by atoms with Crippen LogP contribution < -0.4 is 10.2 Å². The molecule has 0 radical (unpaired) electrons. The Balaban J connectivity index is 1.11. The lowest BCUT2D eigenvalue weighted by atomic mass is 10.1. The van der Waals surface area contributed by atoms with Crippen LogP contribution in [0.25, 0.3) is 22.6 Å². The minimum Gasteiger partial charge on any atom is -0.378 e. The maximum Gasteiger partial charge on any atom is 0.256 e. The second-order valence-electron chi connectivity index (χ2n) is 8.86. The Morgan fingerprint density at radius 1 is 1.06 bits per heavy atom. The Morgan fingerprint density at radius 3 is 2.53 bits per heavy atom. The minimum atomic E-state index is -0.185. The molecule has 2 aliphatic heterocycles. The molecule has 2 fully saturated rings. The molecule has 2 saturated heterocycles. The van der Waals surface area contributed by atoms with Crippen LogP contribution in [0, 0.1) is 0 Å². The Hall–Kier alpha value is -3.69. The van der Waals surface area contributed by atoms with E-state index >= 15 is 0 Å². The number of nitrogens with one attached hydrogen (secondary N) is 2. The van der Waals surface area contributed by atoms with E-state index in [-0.39, 0.29) is 5.91 Å². The number of ether oxygens (including phenoxy) is 1. The van der Waals surface area contributed by atoms with Crippen molar-refractivity contribution in [1.29, 1.82) is 0 Å². The highest BCUT2D eigenvalue weighted by Gasteiger charge is 2.28. The van der Waals surface area contributed by atoms with Gasteiger partial charge in [-0.1, -0.05) is 12.1 Å². The first-order valence-corrected chi connectivity index (χ1v) is 11.6. The fourth-order valence-corrected chi connectivity index (χ4v) is 4.62. The molecule has 0 saturated carbocycles. The maximum absolute atomic E-state index is 12.8. The largest absolute Gasteiger partial charge is 0.378 e. The predicted octanol–water partition coefficient (Wildman–Crippen LogP) is 2.74. The van der Waals surface area contributed by atoms with E-state index in [1.807, 2.05) is 61.6 Å². The fraction of sp³-hybridized carbons (Fsp3) is 0.320. The second kappa shape index (κ2) is 8.58. The number of hydrogen-bond donors (Lipinski definition) is 2. The third kappa shape index (κ3) is 3.93. The fourth-order valence-electron chi connectivity index (χ4n) is 4.62. The first-order valence-electron chi connectivity index (χ1n) is 11.6. The van der Waals surface area contributed by atoms with Crippen LogP contribution in [-0.4, -0.2) is 76.0 Å². The molecule has 0 bridgehead atoms. The van der Waals surface area contributed by atoms with Crippen molar-refractivity contribution in [3.8, 4) is 11.5 Å². The summed E-state index contributed by atoms with van der Waals surface area (Å²) in [5.74, 6) is 1.02. The molecule has 2 N–H and O–H groups in total. The van der Waals surface area contributed by atoms with Crippen LogP contribution in [0.15, 0.2) is 54.6 Å². The topological polar surface area (TPSA) is 91.3 Å². The van der Waals surface area contributed by atoms with Crippen molar-refractivity contribution < 1.29 is 9.53 Å². The monoisotopic (exact) mass is 457 g/mol. The van der Waals surface area contributed by atoms with Gasteiger partial charge < -0.3 is 19.9 Å². The molecule has 0 unspecified atom stereocenters. The molecule has 0 aliphatic carbocycles. The van der Waals surface area contributed by atoms with Gasteiger partial charge in [0.15, 0.2) is 11.6 Å². The summed E-state index contributed by atoms with van der Waals surface area (Å²) in [5.41, 5.74) is 4.40. The summed E-state index contributed by atoms with van der Waals surface area (Å²) in [4.78, 5) is 25.7. The van der Waals surface area contributed by atoms with Gasteiger partial charge in [0.25, 0.3) is 5.91 Å². The molecule has 2 aromatic heterocycles. The Kier molecular flexibility index (Phi) is 5.27. The smallest absolute Gasteiger partial charge is 0.256 e. The number of carbonyl (C=O) groups is 1. The highest BCUT2D eigenvalue weighted by Crippen LogP contribution is 2.24. The number of piperazine rings is 1. The number of nitrogens with zero attached hydrogens (tertiary/aromatic N) is 5. The number of amides is 1. The first kappa shape index (κ1) is 20.9. The molecule has 174 valence electrons. The predicted molar refractivity (Wildman–Crippen MR) is 131 cm³/mol. The van der Waals surface area contributed by atoms with Crippen LogP contribution in [0.2, 0.25) is 0 Å². The van der Waals surface area contributed by atoms with Gasteiger partial charge in [0.1, 0.15) is 5.69 Å². The van der Waals surface area contributed by atoms with E-state index in [2.05, 4.69) is 30.2 Å². The van der Waals surface area contributed by atoms with Gasteiger partial charge in [-0.2, -0.15) is 5.10 Å². The molecular formula is C25H27N7O2. The van der Waals surface area contributed by atoms with E-state index in [0.29, 0.717) is 23.2 Å². The number of aryl methyl sites for hydroxylation is 1. The minimum absolute atomic E-state index is 0.185. The Morgan fingerprint density at radius 2 is 1.82 bits per heavy atom. The van der Waals surface area contributed by atoms with Gasteiger partial charge in [-0.15, -0.1) is 0 Å². The van der Waals surface area contributed by atoms with Crippen molar-refractivity contribution in [2.24, 2.45) is 7.05 Å². The number of imidazole rings is 1. The zero-order valence-electron chi connectivity index (χ0n) is 19.1. The quantitative estimate of drug-likeness (QED) is 0.479. The standard InChI is InChI=1S/C25H27N7O2/c1-30-22(24-26-20-4-2-3-5-21(20)27-24)14-23(29-30)28-25(33)17-6-8-18(9-7-17)31-10-12-32(13-11-31)19-15-34-16-19/h2-9,14,19H,10-13,15-16H2,1H3,(H,26,27)(H,28,29,33).